The van der Waals surface area contributed by atoms with E-state index in [2.05, 4.69) is 24.1 Å². The molecule has 2 fully saturated rings. The highest BCUT2D eigenvalue weighted by Crippen LogP contribution is 2.25. The molecule has 1 atom stereocenters. The van der Waals surface area contributed by atoms with Gasteiger partial charge in [0, 0.05) is 37.1 Å². The SMILES string of the molecule is CC(C)(C)C(=O)N1CCCC1C(=O)NCC(C)(C)N1CCOCC1. The zero-order valence-corrected chi connectivity index (χ0v) is 15.9. The van der Waals surface area contributed by atoms with E-state index in [-0.39, 0.29) is 23.4 Å². The fraction of sp³-hybridized carbons (Fsp3) is 0.889. The number of ether oxygens (including phenoxy) is 1. The van der Waals surface area contributed by atoms with Crippen molar-refractivity contribution in [2.45, 2.75) is 59.0 Å². The van der Waals surface area contributed by atoms with Crippen LogP contribution >= 0.6 is 0 Å². The number of rotatable bonds is 4. The molecular weight excluding hydrogens is 306 g/mol. The molecule has 0 aliphatic carbocycles. The van der Waals surface area contributed by atoms with Crippen molar-refractivity contribution in [1.82, 2.24) is 15.1 Å². The number of carbonyl (C=O) groups excluding carboxylic acids is 2. The Balaban J connectivity index is 1.92. The largest absolute Gasteiger partial charge is 0.379 e. The quantitative estimate of drug-likeness (QED) is 0.837. The van der Waals surface area contributed by atoms with Crippen molar-refractivity contribution in [3.8, 4) is 0 Å². The zero-order valence-electron chi connectivity index (χ0n) is 15.9. The number of morpholine rings is 1. The predicted molar refractivity (Wildman–Crippen MR) is 93.7 cm³/mol. The minimum Gasteiger partial charge on any atom is -0.379 e. The molecule has 0 radical (unpaired) electrons. The highest BCUT2D eigenvalue weighted by atomic mass is 16.5. The molecule has 1 unspecified atom stereocenters. The first-order chi connectivity index (χ1) is 11.1. The topological polar surface area (TPSA) is 61.9 Å². The molecule has 2 heterocycles. The van der Waals surface area contributed by atoms with Gasteiger partial charge in [-0.25, -0.2) is 0 Å². The Morgan fingerprint density at radius 2 is 1.71 bits per heavy atom. The number of nitrogens with one attached hydrogen (secondary N) is 1. The van der Waals surface area contributed by atoms with E-state index in [1.54, 1.807) is 4.90 Å². The van der Waals surface area contributed by atoms with Crippen LogP contribution in [-0.4, -0.2) is 72.6 Å². The summed E-state index contributed by atoms with van der Waals surface area (Å²) in [5.74, 6) is 0.0408. The lowest BCUT2D eigenvalue weighted by Gasteiger charge is -2.41. The van der Waals surface area contributed by atoms with Crippen LogP contribution in [0, 0.1) is 5.41 Å². The second kappa shape index (κ2) is 7.40. The molecule has 2 aliphatic rings. The summed E-state index contributed by atoms with van der Waals surface area (Å²) < 4.78 is 5.40. The van der Waals surface area contributed by atoms with Gasteiger partial charge in [0.1, 0.15) is 6.04 Å². The van der Waals surface area contributed by atoms with Crippen LogP contribution in [0.15, 0.2) is 0 Å². The first-order valence-corrected chi connectivity index (χ1v) is 9.04. The lowest BCUT2D eigenvalue weighted by Crippen LogP contribution is -2.57. The minimum atomic E-state index is -0.448. The molecule has 2 rings (SSSR count). The van der Waals surface area contributed by atoms with Crippen LogP contribution in [0.1, 0.15) is 47.5 Å². The van der Waals surface area contributed by atoms with Crippen molar-refractivity contribution >= 4 is 11.8 Å². The second-order valence-electron chi connectivity index (χ2n) is 8.54. The van der Waals surface area contributed by atoms with Crippen LogP contribution in [0.5, 0.6) is 0 Å². The molecule has 0 bridgehead atoms. The summed E-state index contributed by atoms with van der Waals surface area (Å²) in [7, 11) is 0. The van der Waals surface area contributed by atoms with Crippen LogP contribution in [0.3, 0.4) is 0 Å². The van der Waals surface area contributed by atoms with E-state index in [0.717, 1.165) is 39.1 Å². The van der Waals surface area contributed by atoms with Gasteiger partial charge in [-0.1, -0.05) is 20.8 Å². The highest BCUT2D eigenvalue weighted by Gasteiger charge is 2.39. The van der Waals surface area contributed by atoms with E-state index < -0.39 is 5.41 Å². The van der Waals surface area contributed by atoms with Gasteiger partial charge < -0.3 is 15.0 Å². The van der Waals surface area contributed by atoms with Crippen molar-refractivity contribution in [3.05, 3.63) is 0 Å². The Morgan fingerprint density at radius 1 is 1.08 bits per heavy atom. The van der Waals surface area contributed by atoms with Gasteiger partial charge in [-0.15, -0.1) is 0 Å². The highest BCUT2D eigenvalue weighted by molar-refractivity contribution is 5.90. The Labute approximate surface area is 145 Å². The molecule has 6 nitrogen and oxygen atoms in total. The summed E-state index contributed by atoms with van der Waals surface area (Å²) in [6, 6.07) is -0.322. The van der Waals surface area contributed by atoms with E-state index in [4.69, 9.17) is 4.74 Å². The molecule has 138 valence electrons. The molecular formula is C18H33N3O3. The maximum Gasteiger partial charge on any atom is 0.242 e. The first-order valence-electron chi connectivity index (χ1n) is 9.04. The van der Waals surface area contributed by atoms with Gasteiger partial charge in [-0.3, -0.25) is 14.5 Å². The summed E-state index contributed by atoms with van der Waals surface area (Å²) in [6.07, 6.45) is 1.65. The van der Waals surface area contributed by atoms with E-state index in [9.17, 15) is 9.59 Å². The Bertz CT molecular complexity index is 465. The number of carbonyl (C=O) groups is 2. The third-order valence-corrected chi connectivity index (χ3v) is 5.02. The van der Waals surface area contributed by atoms with E-state index in [1.165, 1.54) is 0 Å². The van der Waals surface area contributed by atoms with Gasteiger partial charge >= 0.3 is 0 Å². The summed E-state index contributed by atoms with van der Waals surface area (Å²) in [5.41, 5.74) is -0.563. The van der Waals surface area contributed by atoms with Crippen LogP contribution in [-0.2, 0) is 14.3 Å². The molecule has 1 N–H and O–H groups in total. The molecule has 0 aromatic rings. The van der Waals surface area contributed by atoms with Crippen LogP contribution in [0.2, 0.25) is 0 Å². The molecule has 2 saturated heterocycles. The van der Waals surface area contributed by atoms with Gasteiger partial charge in [0.2, 0.25) is 11.8 Å². The van der Waals surface area contributed by atoms with Gasteiger partial charge in [-0.2, -0.15) is 0 Å². The molecule has 0 aromatic heterocycles. The number of hydrogen-bond donors (Lipinski definition) is 1. The predicted octanol–water partition coefficient (Wildman–Crippen LogP) is 1.25. The molecule has 2 amide bonds. The first kappa shape index (κ1) is 19.2. The molecule has 0 saturated carbocycles. The third kappa shape index (κ3) is 4.48. The summed E-state index contributed by atoms with van der Waals surface area (Å²) in [5, 5.41) is 3.08. The van der Waals surface area contributed by atoms with Gasteiger partial charge in [-0.05, 0) is 26.7 Å². The lowest BCUT2D eigenvalue weighted by molar-refractivity contribution is -0.144. The summed E-state index contributed by atoms with van der Waals surface area (Å²) in [6.45, 7) is 14.5. The normalized spacial score (nSPS) is 23.4. The smallest absolute Gasteiger partial charge is 0.242 e. The third-order valence-electron chi connectivity index (χ3n) is 5.02. The second-order valence-corrected chi connectivity index (χ2v) is 8.54. The monoisotopic (exact) mass is 339 g/mol. The minimum absolute atomic E-state index is 0.0218. The van der Waals surface area contributed by atoms with Crippen molar-refractivity contribution in [2.75, 3.05) is 39.4 Å². The van der Waals surface area contributed by atoms with Crippen molar-refractivity contribution in [2.24, 2.45) is 5.41 Å². The number of amides is 2. The van der Waals surface area contributed by atoms with Gasteiger partial charge in [0.15, 0.2) is 0 Å². The summed E-state index contributed by atoms with van der Waals surface area (Å²) >= 11 is 0. The van der Waals surface area contributed by atoms with Crippen molar-refractivity contribution < 1.29 is 14.3 Å². The average Bonchev–Trinajstić information content (AvgIpc) is 3.01. The zero-order chi connectivity index (χ0) is 18.0. The Kier molecular flexibility index (Phi) is 5.91. The van der Waals surface area contributed by atoms with Crippen molar-refractivity contribution in [3.63, 3.8) is 0 Å². The standard InChI is InChI=1S/C18H33N3O3/c1-17(2,3)16(23)21-8-6-7-14(21)15(22)19-13-18(4,5)20-9-11-24-12-10-20/h14H,6-13H2,1-5H3,(H,19,22). The molecule has 24 heavy (non-hydrogen) atoms. The summed E-state index contributed by atoms with van der Waals surface area (Å²) in [4.78, 5) is 29.3. The van der Waals surface area contributed by atoms with Crippen LogP contribution in [0.25, 0.3) is 0 Å². The van der Waals surface area contributed by atoms with Gasteiger partial charge in [0.05, 0.1) is 13.2 Å². The fourth-order valence-electron chi connectivity index (χ4n) is 3.41. The van der Waals surface area contributed by atoms with Gasteiger partial charge in [0.25, 0.3) is 0 Å². The lowest BCUT2D eigenvalue weighted by atomic mass is 9.94. The molecule has 0 aromatic carbocycles. The Hall–Kier alpha value is -1.14. The van der Waals surface area contributed by atoms with E-state index in [1.807, 2.05) is 20.8 Å². The number of hydrogen-bond acceptors (Lipinski definition) is 4. The van der Waals surface area contributed by atoms with Crippen LogP contribution in [0.4, 0.5) is 0 Å². The molecule has 6 heteroatoms. The van der Waals surface area contributed by atoms with E-state index >= 15 is 0 Å². The average molecular weight is 339 g/mol. The number of likely N-dealkylation sites (tertiary alicyclic amines) is 1. The maximum absolute atomic E-state index is 12.7. The molecule has 0 spiro atoms. The van der Waals surface area contributed by atoms with Crippen molar-refractivity contribution in [1.29, 1.82) is 0 Å². The Morgan fingerprint density at radius 3 is 2.29 bits per heavy atom. The maximum atomic E-state index is 12.7. The molecule has 2 aliphatic heterocycles. The van der Waals surface area contributed by atoms with Crippen LogP contribution < -0.4 is 5.32 Å². The number of nitrogens with zero attached hydrogens (tertiary/aromatic N) is 2. The van der Waals surface area contributed by atoms with E-state index in [0.29, 0.717) is 13.1 Å². The fourth-order valence-corrected chi connectivity index (χ4v) is 3.41.